The Morgan fingerprint density at radius 3 is 0.419 bits per heavy atom. The second-order valence-corrected chi connectivity index (χ2v) is 24.7. The van der Waals surface area contributed by atoms with E-state index in [1.807, 2.05) is 288 Å². The summed E-state index contributed by atoms with van der Waals surface area (Å²) in [5, 5.41) is 0. The summed E-state index contributed by atoms with van der Waals surface area (Å²) in [6.07, 6.45) is 0. The minimum Gasteiger partial charge on any atom is -0.409 e. The molecule has 10 aromatic carbocycles. The van der Waals surface area contributed by atoms with Gasteiger partial charge in [-0.1, -0.05) is 142 Å². The molecular formula is C70H66O12P4. The molecule has 0 heterocycles. The molecule has 0 fully saturated rings. The van der Waals surface area contributed by atoms with Crippen molar-refractivity contribution in [2.24, 2.45) is 0 Å². The first-order valence-corrected chi connectivity index (χ1v) is 32.2. The van der Waals surface area contributed by atoms with Crippen LogP contribution in [0.5, 0.6) is 69.0 Å². The van der Waals surface area contributed by atoms with Crippen LogP contribution in [0.25, 0.3) is 11.1 Å². The largest absolute Gasteiger partial charge is 0.530 e. The zero-order valence-corrected chi connectivity index (χ0v) is 53.1. The van der Waals surface area contributed by atoms with Crippen LogP contribution in [-0.2, 0) is 0 Å². The fourth-order valence-corrected chi connectivity index (χ4v) is 12.3. The predicted molar refractivity (Wildman–Crippen MR) is 346 cm³/mol. The van der Waals surface area contributed by atoms with E-state index in [-0.39, 0.29) is 23.0 Å². The van der Waals surface area contributed by atoms with Crippen LogP contribution in [0.15, 0.2) is 218 Å². The van der Waals surface area contributed by atoms with E-state index >= 15 is 0 Å². The van der Waals surface area contributed by atoms with Gasteiger partial charge in [-0.2, -0.15) is 0 Å². The summed E-state index contributed by atoms with van der Waals surface area (Å²) in [4.78, 5) is 0. The van der Waals surface area contributed by atoms with Crippen molar-refractivity contribution in [3.05, 3.63) is 274 Å². The van der Waals surface area contributed by atoms with E-state index in [4.69, 9.17) is 54.3 Å². The Morgan fingerprint density at radius 1 is 0.163 bits per heavy atom. The average Bonchev–Trinajstić information content (AvgIpc) is 2.11. The van der Waals surface area contributed by atoms with E-state index in [0.29, 0.717) is 57.1 Å². The molecule has 0 radical (unpaired) electrons. The van der Waals surface area contributed by atoms with Crippen LogP contribution >= 0.6 is 34.4 Å². The van der Waals surface area contributed by atoms with Gasteiger partial charge in [0, 0.05) is 0 Å². The number of hydrogen-bond donors (Lipinski definition) is 0. The monoisotopic (exact) mass is 1220 g/mol. The lowest BCUT2D eigenvalue weighted by molar-refractivity contribution is 0.376. The van der Waals surface area contributed by atoms with Gasteiger partial charge in [-0.15, -0.1) is 0 Å². The quantitative estimate of drug-likeness (QED) is 0.0508. The lowest BCUT2D eigenvalue weighted by Crippen LogP contribution is -2.09. The summed E-state index contributed by atoms with van der Waals surface area (Å²) in [6, 6.07) is 69.0. The highest BCUT2D eigenvalue weighted by Crippen LogP contribution is 2.59. The van der Waals surface area contributed by atoms with Crippen molar-refractivity contribution in [2.75, 3.05) is 0 Å². The number of aryl methyl sites for hydroxylation is 10. The zero-order valence-electron chi connectivity index (χ0n) is 49.5. The van der Waals surface area contributed by atoms with Crippen molar-refractivity contribution in [3.8, 4) is 80.1 Å². The third-order valence-corrected chi connectivity index (χ3v) is 17.2. The molecule has 0 aliphatic carbocycles. The molecule has 0 atom stereocenters. The first-order valence-electron chi connectivity index (χ1n) is 27.8. The van der Waals surface area contributed by atoms with E-state index in [0.717, 1.165) is 55.6 Å². The summed E-state index contributed by atoms with van der Waals surface area (Å²) >= 11 is 0. The van der Waals surface area contributed by atoms with Crippen LogP contribution in [0.3, 0.4) is 0 Å². The summed E-state index contributed by atoms with van der Waals surface area (Å²) in [6.45, 7) is 20.0. The van der Waals surface area contributed by atoms with E-state index in [1.54, 1.807) is 0 Å². The van der Waals surface area contributed by atoms with Crippen molar-refractivity contribution in [2.45, 2.75) is 69.2 Å². The van der Waals surface area contributed by atoms with Gasteiger partial charge in [-0.05, 0) is 202 Å². The Balaban J connectivity index is 1.21. The van der Waals surface area contributed by atoms with Crippen LogP contribution in [0.4, 0.5) is 0 Å². The molecule has 10 aromatic rings. The molecule has 0 spiro atoms. The average molecular weight is 1220 g/mol. The molecule has 12 nitrogen and oxygen atoms in total. The molecule has 0 aliphatic heterocycles. The van der Waals surface area contributed by atoms with Gasteiger partial charge in [-0.3, -0.25) is 0 Å². The molecule has 0 unspecified atom stereocenters. The van der Waals surface area contributed by atoms with Crippen LogP contribution < -0.4 is 54.3 Å². The fourth-order valence-electron chi connectivity index (χ4n) is 8.25. The lowest BCUT2D eigenvalue weighted by atomic mass is 9.98. The topological polar surface area (TPSA) is 111 Å². The van der Waals surface area contributed by atoms with Gasteiger partial charge in [0.2, 0.25) is 0 Å². The van der Waals surface area contributed by atoms with Gasteiger partial charge in [0.05, 0.1) is 11.1 Å². The standard InChI is InChI=1S/C70H66O12P4/c1-47-11-27-57(28-12-47)71-83(72-58-29-13-48(2)14-30-58)79-65-43-55(9)44-66(80-84(73-59-31-15-49(3)16-32-59)74-60-33-17-50(4)18-34-60)69(65)70-67(81-85(75-61-35-19-51(5)20-36-61)76-62-37-21-52(6)22-38-62)45-56(10)46-68(70)82-86(77-63-39-23-53(7)24-40-63)78-64-41-25-54(8)26-42-64/h11-46H,1-10H3. The van der Waals surface area contributed by atoms with Crippen molar-refractivity contribution < 1.29 is 54.3 Å². The summed E-state index contributed by atoms with van der Waals surface area (Å²) < 4.78 is 82.9. The fraction of sp³-hybridized carbons (Fsp3) is 0.143. The second-order valence-electron chi connectivity index (χ2n) is 20.8. The molecule has 0 bridgehead atoms. The number of rotatable bonds is 25. The molecule has 86 heavy (non-hydrogen) atoms. The minimum absolute atomic E-state index is 0.246. The molecule has 438 valence electrons. The molecule has 16 heteroatoms. The molecule has 0 aromatic heterocycles. The molecule has 10 rings (SSSR count). The third-order valence-electron chi connectivity index (χ3n) is 13.0. The van der Waals surface area contributed by atoms with Crippen LogP contribution in [0.1, 0.15) is 55.6 Å². The van der Waals surface area contributed by atoms with Gasteiger partial charge in [0.15, 0.2) is 0 Å². The second kappa shape index (κ2) is 28.6. The van der Waals surface area contributed by atoms with E-state index in [1.165, 1.54) is 0 Å². The summed E-state index contributed by atoms with van der Waals surface area (Å²) in [5.41, 5.74) is 10.5. The maximum Gasteiger partial charge on any atom is 0.530 e. The number of benzene rings is 10. The molecule has 0 amide bonds. The van der Waals surface area contributed by atoms with Crippen molar-refractivity contribution in [1.29, 1.82) is 0 Å². The van der Waals surface area contributed by atoms with Gasteiger partial charge >= 0.3 is 34.4 Å². The normalized spacial score (nSPS) is 11.1. The highest BCUT2D eigenvalue weighted by atomic mass is 31.2. The minimum atomic E-state index is -2.33. The third kappa shape index (κ3) is 17.3. The molecular weight excluding hydrogens is 1160 g/mol. The Bertz CT molecular complexity index is 3130. The maximum atomic E-state index is 7.25. The van der Waals surface area contributed by atoms with E-state index in [9.17, 15) is 0 Å². The highest BCUT2D eigenvalue weighted by molar-refractivity contribution is 7.44. The van der Waals surface area contributed by atoms with Crippen LogP contribution in [0, 0.1) is 69.2 Å². The van der Waals surface area contributed by atoms with Gasteiger partial charge in [0.25, 0.3) is 0 Å². The molecule has 0 N–H and O–H groups in total. The Labute approximate surface area is 509 Å². The lowest BCUT2D eigenvalue weighted by Gasteiger charge is -2.27. The Hall–Kier alpha value is -8.48. The SMILES string of the molecule is Cc1ccc(OP(Oc2ccc(C)cc2)Oc2cc(C)cc(OP(Oc3ccc(C)cc3)Oc3ccc(C)cc3)c2-c2c(OP(Oc3ccc(C)cc3)Oc3ccc(C)cc3)cc(C)cc2OP(Oc2ccc(C)cc2)Oc2ccc(C)cc2)cc1. The van der Waals surface area contributed by atoms with E-state index in [2.05, 4.69) is 0 Å². The zero-order chi connectivity index (χ0) is 60.1. The Morgan fingerprint density at radius 2 is 0.291 bits per heavy atom. The molecule has 0 saturated heterocycles. The van der Waals surface area contributed by atoms with Crippen LogP contribution in [0.2, 0.25) is 0 Å². The van der Waals surface area contributed by atoms with Gasteiger partial charge in [-0.25, -0.2) is 0 Å². The van der Waals surface area contributed by atoms with E-state index < -0.39 is 34.4 Å². The first kappa shape index (κ1) is 60.6. The summed E-state index contributed by atoms with van der Waals surface area (Å²) in [7, 11) is -9.34. The van der Waals surface area contributed by atoms with Crippen LogP contribution in [-0.4, -0.2) is 0 Å². The highest BCUT2D eigenvalue weighted by Gasteiger charge is 2.35. The van der Waals surface area contributed by atoms with Crippen molar-refractivity contribution in [3.63, 3.8) is 0 Å². The van der Waals surface area contributed by atoms with Gasteiger partial charge < -0.3 is 54.3 Å². The smallest absolute Gasteiger partial charge is 0.409 e. The maximum absolute atomic E-state index is 7.25. The Kier molecular flexibility index (Phi) is 20.2. The summed E-state index contributed by atoms with van der Waals surface area (Å²) in [5.74, 6) is 5.12. The predicted octanol–water partition coefficient (Wildman–Crippen LogP) is 21.5. The first-order chi connectivity index (χ1) is 41.6. The number of hydrogen-bond acceptors (Lipinski definition) is 12. The van der Waals surface area contributed by atoms with Crippen molar-refractivity contribution >= 4 is 34.4 Å². The molecule has 0 saturated carbocycles. The molecule has 0 aliphatic rings. The van der Waals surface area contributed by atoms with Gasteiger partial charge in [0.1, 0.15) is 69.0 Å². The van der Waals surface area contributed by atoms with Crippen molar-refractivity contribution in [1.82, 2.24) is 0 Å².